The molecule has 0 radical (unpaired) electrons. The predicted molar refractivity (Wildman–Crippen MR) is 82.1 cm³/mol. The van der Waals surface area contributed by atoms with Crippen LogP contribution >= 0.6 is 27.3 Å². The number of thiophene rings is 1. The van der Waals surface area contributed by atoms with Gasteiger partial charge in [0.1, 0.15) is 4.21 Å². The van der Waals surface area contributed by atoms with Crippen molar-refractivity contribution in [1.82, 2.24) is 9.62 Å². The molecule has 1 saturated heterocycles. The molecule has 0 bridgehead atoms. The molecule has 1 aromatic rings. The Kier molecular flexibility index (Phi) is 5.42. The zero-order chi connectivity index (χ0) is 13.9. The summed E-state index contributed by atoms with van der Waals surface area (Å²) in [5.74, 6) is 0. The molecule has 4 nitrogen and oxygen atoms in total. The van der Waals surface area contributed by atoms with E-state index in [0.717, 1.165) is 36.1 Å². The number of piperidine rings is 1. The summed E-state index contributed by atoms with van der Waals surface area (Å²) in [6.45, 7) is 4.35. The van der Waals surface area contributed by atoms with Crippen LogP contribution in [-0.4, -0.2) is 38.4 Å². The fourth-order valence-electron chi connectivity index (χ4n) is 2.35. The zero-order valence-corrected chi connectivity index (χ0v) is 14.2. The Morgan fingerprint density at radius 2 is 2.32 bits per heavy atom. The van der Waals surface area contributed by atoms with Gasteiger partial charge in [-0.3, -0.25) is 0 Å². The molecule has 0 amide bonds. The third-order valence-electron chi connectivity index (χ3n) is 3.23. The molecule has 1 aliphatic heterocycles. The largest absolute Gasteiger partial charge is 0.315 e. The minimum Gasteiger partial charge on any atom is -0.315 e. The SMILES string of the molecule is CCCN(C1CCCNC1)S(=O)(=O)c1ccc(Br)s1. The highest BCUT2D eigenvalue weighted by molar-refractivity contribution is 9.11. The molecule has 0 aliphatic carbocycles. The highest BCUT2D eigenvalue weighted by atomic mass is 79.9. The van der Waals surface area contributed by atoms with Gasteiger partial charge in [-0.2, -0.15) is 4.31 Å². The van der Waals surface area contributed by atoms with Crippen molar-refractivity contribution in [3.63, 3.8) is 0 Å². The lowest BCUT2D eigenvalue weighted by molar-refractivity contribution is 0.266. The standard InChI is InChI=1S/C12H19BrN2O2S2/c1-2-8-15(10-4-3-7-14-9-10)19(16,17)12-6-5-11(13)18-12/h5-6,10,14H,2-4,7-9H2,1H3. The Morgan fingerprint density at radius 1 is 1.53 bits per heavy atom. The molecule has 1 N–H and O–H groups in total. The third kappa shape index (κ3) is 3.58. The molecule has 1 unspecified atom stereocenters. The topological polar surface area (TPSA) is 49.4 Å². The highest BCUT2D eigenvalue weighted by Crippen LogP contribution is 2.30. The van der Waals surface area contributed by atoms with E-state index >= 15 is 0 Å². The maximum atomic E-state index is 12.7. The summed E-state index contributed by atoms with van der Waals surface area (Å²) in [4.78, 5) is 0. The van der Waals surface area contributed by atoms with Crippen molar-refractivity contribution in [3.05, 3.63) is 15.9 Å². The summed E-state index contributed by atoms with van der Waals surface area (Å²) in [5, 5.41) is 3.29. The lowest BCUT2D eigenvalue weighted by atomic mass is 10.1. The van der Waals surface area contributed by atoms with Gasteiger partial charge in [-0.15, -0.1) is 11.3 Å². The van der Waals surface area contributed by atoms with Crippen molar-refractivity contribution in [3.8, 4) is 0 Å². The van der Waals surface area contributed by atoms with Gasteiger partial charge in [-0.1, -0.05) is 6.92 Å². The first kappa shape index (κ1) is 15.4. The summed E-state index contributed by atoms with van der Waals surface area (Å²) < 4.78 is 28.4. The van der Waals surface area contributed by atoms with E-state index < -0.39 is 10.0 Å². The molecule has 0 spiro atoms. The van der Waals surface area contributed by atoms with E-state index in [0.29, 0.717) is 10.8 Å². The highest BCUT2D eigenvalue weighted by Gasteiger charge is 2.32. The minimum atomic E-state index is -3.36. The summed E-state index contributed by atoms with van der Waals surface area (Å²) in [5.41, 5.74) is 0. The second-order valence-corrected chi connectivity index (χ2v) is 9.25. The molecule has 7 heteroatoms. The fraction of sp³-hybridized carbons (Fsp3) is 0.667. The van der Waals surface area contributed by atoms with Crippen molar-refractivity contribution in [1.29, 1.82) is 0 Å². The van der Waals surface area contributed by atoms with Gasteiger partial charge < -0.3 is 5.32 Å². The Morgan fingerprint density at radius 3 is 2.84 bits per heavy atom. The van der Waals surface area contributed by atoms with Gasteiger partial charge in [0.2, 0.25) is 0 Å². The number of nitrogens with one attached hydrogen (secondary N) is 1. The van der Waals surface area contributed by atoms with E-state index in [4.69, 9.17) is 0 Å². The van der Waals surface area contributed by atoms with Gasteiger partial charge in [0.05, 0.1) is 3.79 Å². The van der Waals surface area contributed by atoms with Gasteiger partial charge in [0, 0.05) is 19.1 Å². The lowest BCUT2D eigenvalue weighted by Gasteiger charge is -2.33. The van der Waals surface area contributed by atoms with Crippen LogP contribution in [0.15, 0.2) is 20.1 Å². The molecular weight excluding hydrogens is 348 g/mol. The van der Waals surface area contributed by atoms with Gasteiger partial charge in [0.15, 0.2) is 0 Å². The normalized spacial score (nSPS) is 20.9. The zero-order valence-electron chi connectivity index (χ0n) is 10.9. The van der Waals surface area contributed by atoms with Gasteiger partial charge in [-0.25, -0.2) is 8.42 Å². The van der Waals surface area contributed by atoms with Crippen LogP contribution in [0.4, 0.5) is 0 Å². The summed E-state index contributed by atoms with van der Waals surface area (Å²) in [6.07, 6.45) is 2.82. The van der Waals surface area contributed by atoms with Gasteiger partial charge >= 0.3 is 0 Å². The molecule has 2 rings (SSSR count). The molecule has 1 atom stereocenters. The van der Waals surface area contributed by atoms with Crippen LogP contribution in [0.25, 0.3) is 0 Å². The van der Waals surface area contributed by atoms with E-state index in [1.807, 2.05) is 6.92 Å². The Hall–Kier alpha value is 0.0500. The molecule has 19 heavy (non-hydrogen) atoms. The predicted octanol–water partition coefficient (Wildman–Crippen LogP) is 2.66. The molecule has 0 aromatic carbocycles. The van der Waals surface area contributed by atoms with Crippen LogP contribution in [0.2, 0.25) is 0 Å². The molecular formula is C12H19BrN2O2S2. The lowest BCUT2D eigenvalue weighted by Crippen LogP contribution is -2.48. The van der Waals surface area contributed by atoms with Crippen molar-refractivity contribution < 1.29 is 8.42 Å². The second kappa shape index (κ2) is 6.67. The number of hydrogen-bond acceptors (Lipinski definition) is 4. The average Bonchev–Trinajstić information content (AvgIpc) is 2.84. The van der Waals surface area contributed by atoms with E-state index in [1.165, 1.54) is 11.3 Å². The number of nitrogens with zero attached hydrogens (tertiary/aromatic N) is 1. The monoisotopic (exact) mass is 366 g/mol. The maximum Gasteiger partial charge on any atom is 0.252 e. The van der Waals surface area contributed by atoms with E-state index in [9.17, 15) is 8.42 Å². The molecule has 1 aromatic heterocycles. The quantitative estimate of drug-likeness (QED) is 0.871. The summed E-state index contributed by atoms with van der Waals surface area (Å²) in [7, 11) is -3.36. The molecule has 1 fully saturated rings. The molecule has 0 saturated carbocycles. The van der Waals surface area contributed by atoms with Gasteiger partial charge in [0.25, 0.3) is 10.0 Å². The summed E-state index contributed by atoms with van der Waals surface area (Å²) >= 11 is 4.61. The molecule has 108 valence electrons. The Bertz CT molecular complexity index is 510. The van der Waals surface area contributed by atoms with Crippen LogP contribution in [0.5, 0.6) is 0 Å². The van der Waals surface area contributed by atoms with E-state index in [2.05, 4.69) is 21.2 Å². The molecule has 2 heterocycles. The number of rotatable bonds is 5. The Balaban J connectivity index is 2.26. The minimum absolute atomic E-state index is 0.0829. The van der Waals surface area contributed by atoms with Crippen LogP contribution < -0.4 is 5.32 Å². The smallest absolute Gasteiger partial charge is 0.252 e. The van der Waals surface area contributed by atoms with Crippen molar-refractivity contribution >= 4 is 37.3 Å². The van der Waals surface area contributed by atoms with Crippen molar-refractivity contribution in [2.24, 2.45) is 0 Å². The van der Waals surface area contributed by atoms with Gasteiger partial charge in [-0.05, 0) is 53.9 Å². The van der Waals surface area contributed by atoms with Crippen LogP contribution in [0, 0.1) is 0 Å². The first-order valence-corrected chi connectivity index (χ1v) is 9.58. The van der Waals surface area contributed by atoms with Crippen molar-refractivity contribution in [2.75, 3.05) is 19.6 Å². The summed E-state index contributed by atoms with van der Waals surface area (Å²) in [6, 6.07) is 3.56. The van der Waals surface area contributed by atoms with Crippen molar-refractivity contribution in [2.45, 2.75) is 36.4 Å². The van der Waals surface area contributed by atoms with Crippen LogP contribution in [-0.2, 0) is 10.0 Å². The number of halogens is 1. The average molecular weight is 367 g/mol. The van der Waals surface area contributed by atoms with Crippen LogP contribution in [0.3, 0.4) is 0 Å². The number of sulfonamides is 1. The van der Waals surface area contributed by atoms with Crippen LogP contribution in [0.1, 0.15) is 26.2 Å². The number of hydrogen-bond donors (Lipinski definition) is 1. The third-order valence-corrected chi connectivity index (χ3v) is 7.28. The second-order valence-electron chi connectivity index (χ2n) is 4.67. The molecule has 1 aliphatic rings. The maximum absolute atomic E-state index is 12.7. The first-order valence-electron chi connectivity index (χ1n) is 6.53. The Labute approximate surface area is 127 Å². The first-order chi connectivity index (χ1) is 9.05. The van der Waals surface area contributed by atoms with E-state index in [-0.39, 0.29) is 6.04 Å². The van der Waals surface area contributed by atoms with E-state index in [1.54, 1.807) is 16.4 Å². The fourth-order valence-corrected chi connectivity index (χ4v) is 6.24.